The van der Waals surface area contributed by atoms with Crippen molar-refractivity contribution in [2.45, 2.75) is 43.9 Å². The zero-order chi connectivity index (χ0) is 26.3. The lowest BCUT2D eigenvalue weighted by molar-refractivity contribution is -0.136. The maximum Gasteiger partial charge on any atom is 0.307 e. The highest BCUT2D eigenvalue weighted by Gasteiger charge is 2.53. The van der Waals surface area contributed by atoms with Crippen LogP contribution in [-0.4, -0.2) is 70.3 Å². The molecule has 11 heteroatoms. The van der Waals surface area contributed by atoms with E-state index in [1.807, 2.05) is 0 Å². The minimum absolute atomic E-state index is 0.176. The molecule has 0 radical (unpaired) electrons. The second-order valence-electron chi connectivity index (χ2n) is 9.02. The smallest absolute Gasteiger partial charge is 0.307 e. The van der Waals surface area contributed by atoms with Crippen molar-refractivity contribution in [3.05, 3.63) is 47.2 Å². The van der Waals surface area contributed by atoms with E-state index in [2.05, 4.69) is 4.72 Å². The highest BCUT2D eigenvalue weighted by molar-refractivity contribution is 7.91. The Morgan fingerprint density at radius 3 is 2.46 bits per heavy atom. The van der Waals surface area contributed by atoms with Crippen molar-refractivity contribution < 1.29 is 42.1 Å². The maximum atomic E-state index is 13.7. The van der Waals surface area contributed by atoms with E-state index in [4.69, 9.17) is 18.9 Å². The lowest BCUT2D eigenvalue weighted by Crippen LogP contribution is -2.55. The van der Waals surface area contributed by atoms with Gasteiger partial charge in [0.1, 0.15) is 11.5 Å². The van der Waals surface area contributed by atoms with E-state index in [9.17, 15) is 23.1 Å². The average molecular weight is 512 g/mol. The fourth-order valence-corrected chi connectivity index (χ4v) is 5.62. The number of carbonyl (C=O) groups excluding carboxylic acids is 1. The Morgan fingerprint density at radius 1 is 1.20 bits per heavy atom. The summed E-state index contributed by atoms with van der Waals surface area (Å²) < 4.78 is 49.4. The van der Waals surface area contributed by atoms with Gasteiger partial charge in [-0.25, -0.2) is 13.1 Å². The number of hydrogen-bond donors (Lipinski definition) is 2. The van der Waals surface area contributed by atoms with Crippen molar-refractivity contribution in [3.8, 4) is 5.75 Å². The van der Waals surface area contributed by atoms with Gasteiger partial charge in [-0.3, -0.25) is 4.79 Å². The van der Waals surface area contributed by atoms with Crippen molar-refractivity contribution in [1.29, 1.82) is 0 Å². The Bertz CT molecular complexity index is 1090. The minimum atomic E-state index is -4.43. The monoisotopic (exact) mass is 511 g/mol. The molecule has 0 fully saturated rings. The van der Waals surface area contributed by atoms with Gasteiger partial charge in [-0.15, -0.1) is 0 Å². The third-order valence-corrected chi connectivity index (χ3v) is 7.34. The van der Waals surface area contributed by atoms with Crippen LogP contribution in [0.1, 0.15) is 39.2 Å². The molecule has 0 aromatic heterocycles. The molecule has 194 valence electrons. The minimum Gasteiger partial charge on any atom is -0.496 e. The van der Waals surface area contributed by atoms with Gasteiger partial charge < -0.3 is 28.8 Å². The second kappa shape index (κ2) is 11.8. The Balaban J connectivity index is 2.82. The predicted octanol–water partition coefficient (Wildman–Crippen LogP) is 2.50. The van der Waals surface area contributed by atoms with Crippen LogP contribution in [0.3, 0.4) is 0 Å². The molecule has 2 N–H and O–H groups in total. The van der Waals surface area contributed by atoms with Gasteiger partial charge in [-0.2, -0.15) is 0 Å². The van der Waals surface area contributed by atoms with Crippen LogP contribution < -0.4 is 9.46 Å². The van der Waals surface area contributed by atoms with Gasteiger partial charge in [0.25, 0.3) is 0 Å². The summed E-state index contributed by atoms with van der Waals surface area (Å²) in [4.78, 5) is 24.3. The summed E-state index contributed by atoms with van der Waals surface area (Å²) in [7, 11) is -1.48. The van der Waals surface area contributed by atoms with Gasteiger partial charge in [0.2, 0.25) is 14.8 Å². The lowest BCUT2D eigenvalue weighted by atomic mass is 9.84. The number of carboxylic acids is 1. The molecular weight excluding hydrogens is 478 g/mol. The van der Waals surface area contributed by atoms with Crippen LogP contribution in [0.5, 0.6) is 5.75 Å². The summed E-state index contributed by atoms with van der Waals surface area (Å²) in [6, 6.07) is 6.77. The molecule has 35 heavy (non-hydrogen) atoms. The van der Waals surface area contributed by atoms with Gasteiger partial charge >= 0.3 is 5.97 Å². The highest BCUT2D eigenvalue weighted by Crippen LogP contribution is 2.45. The molecule has 1 atom stereocenters. The van der Waals surface area contributed by atoms with Gasteiger partial charge in [-0.1, -0.05) is 29.8 Å². The number of allylic oxidation sites excluding steroid dienone is 2. The van der Waals surface area contributed by atoms with E-state index in [1.165, 1.54) is 20.3 Å². The Hall–Kier alpha value is -2.73. The van der Waals surface area contributed by atoms with Crippen molar-refractivity contribution in [2.75, 3.05) is 34.2 Å². The number of carbonyl (C=O) groups is 2. The summed E-state index contributed by atoms with van der Waals surface area (Å²) in [6.07, 6.45) is 0.956. The second-order valence-corrected chi connectivity index (χ2v) is 11.0. The molecular formula is C24H33NO9S. The first-order chi connectivity index (χ1) is 16.4. The number of benzene rings is 1. The number of nitrogens with one attached hydrogen (secondary N) is 1. The van der Waals surface area contributed by atoms with Crippen LogP contribution in [0.15, 0.2) is 41.7 Å². The zero-order valence-corrected chi connectivity index (χ0v) is 21.4. The van der Waals surface area contributed by atoms with Crippen molar-refractivity contribution >= 4 is 27.9 Å². The van der Waals surface area contributed by atoms with E-state index in [0.717, 1.165) is 0 Å². The van der Waals surface area contributed by atoms with E-state index < -0.39 is 39.1 Å². The SMILES string of the molecule is COCCOCOC1=C(c2ccccc2OC)C=C(CC(=O)O)CC1(C=O)S(=O)(=O)NC(C)(C)C. The van der Waals surface area contributed by atoms with Gasteiger partial charge in [0.15, 0.2) is 13.1 Å². The van der Waals surface area contributed by atoms with Gasteiger partial charge in [0.05, 0.1) is 26.7 Å². The number of ether oxygens (including phenoxy) is 4. The number of methoxy groups -OCH3 is 2. The third-order valence-electron chi connectivity index (χ3n) is 5.07. The molecule has 1 unspecified atom stereocenters. The summed E-state index contributed by atoms with van der Waals surface area (Å²) in [6.45, 7) is 5.01. The number of rotatable bonds is 13. The van der Waals surface area contributed by atoms with E-state index in [1.54, 1.807) is 45.0 Å². The summed E-state index contributed by atoms with van der Waals surface area (Å²) in [5.74, 6) is -0.957. The summed E-state index contributed by atoms with van der Waals surface area (Å²) in [5.41, 5.74) is -0.0426. The number of carboxylic acid groups (broad SMARTS) is 1. The number of aldehydes is 1. The fraction of sp³-hybridized carbons (Fsp3) is 0.500. The maximum absolute atomic E-state index is 13.7. The predicted molar refractivity (Wildman–Crippen MR) is 129 cm³/mol. The first-order valence-electron chi connectivity index (χ1n) is 10.9. The van der Waals surface area contributed by atoms with Crippen LogP contribution in [-0.2, 0) is 33.8 Å². The van der Waals surface area contributed by atoms with Gasteiger partial charge in [-0.05, 0) is 26.8 Å². The van der Waals surface area contributed by atoms with Crippen LogP contribution in [0.2, 0.25) is 0 Å². The van der Waals surface area contributed by atoms with Crippen molar-refractivity contribution in [2.24, 2.45) is 0 Å². The first-order valence-corrected chi connectivity index (χ1v) is 12.4. The number of para-hydroxylation sites is 1. The Morgan fingerprint density at radius 2 is 1.89 bits per heavy atom. The molecule has 2 rings (SSSR count). The largest absolute Gasteiger partial charge is 0.496 e. The van der Waals surface area contributed by atoms with E-state index >= 15 is 0 Å². The topological polar surface area (TPSA) is 137 Å². The van der Waals surface area contributed by atoms with E-state index in [0.29, 0.717) is 11.3 Å². The molecule has 0 saturated carbocycles. The Labute approximate surface area is 205 Å². The van der Waals surface area contributed by atoms with Crippen molar-refractivity contribution in [1.82, 2.24) is 4.72 Å². The van der Waals surface area contributed by atoms with Crippen LogP contribution in [0.4, 0.5) is 0 Å². The highest BCUT2D eigenvalue weighted by atomic mass is 32.2. The van der Waals surface area contributed by atoms with Gasteiger partial charge in [0, 0.05) is 30.2 Å². The standard InChI is InChI=1S/C24H33NO9S/c1-23(2,3)25-35(29,30)24(15-26)14-17(13-21(27)28)12-19(18-8-6-7-9-20(18)32-5)22(24)34-16-33-11-10-31-4/h6-9,12,15,25H,10-11,13-14,16H2,1-5H3,(H,27,28). The number of aliphatic carboxylic acids is 1. The van der Waals surface area contributed by atoms with Crippen LogP contribution in [0, 0.1) is 0 Å². The Kier molecular flexibility index (Phi) is 9.61. The molecule has 0 spiro atoms. The molecule has 1 aliphatic rings. The zero-order valence-electron chi connectivity index (χ0n) is 20.6. The molecule has 0 bridgehead atoms. The molecule has 10 nitrogen and oxygen atoms in total. The molecule has 0 saturated heterocycles. The fourth-order valence-electron chi connectivity index (χ4n) is 3.71. The van der Waals surface area contributed by atoms with Crippen LogP contribution in [0.25, 0.3) is 5.57 Å². The molecule has 0 amide bonds. The molecule has 0 aliphatic heterocycles. The normalized spacial score (nSPS) is 18.7. The number of sulfonamides is 1. The first kappa shape index (κ1) is 28.5. The lowest BCUT2D eigenvalue weighted by Gasteiger charge is -2.37. The summed E-state index contributed by atoms with van der Waals surface area (Å²) in [5, 5.41) is 9.45. The van der Waals surface area contributed by atoms with E-state index in [-0.39, 0.29) is 43.2 Å². The molecule has 1 aromatic carbocycles. The molecule has 0 heterocycles. The quantitative estimate of drug-likeness (QED) is 0.232. The third kappa shape index (κ3) is 6.91. The molecule has 1 aromatic rings. The van der Waals surface area contributed by atoms with Crippen LogP contribution >= 0.6 is 0 Å². The molecule has 1 aliphatic carbocycles. The summed E-state index contributed by atoms with van der Waals surface area (Å²) >= 11 is 0. The van der Waals surface area contributed by atoms with Crippen molar-refractivity contribution in [3.63, 3.8) is 0 Å². The average Bonchev–Trinajstić information content (AvgIpc) is 2.77. The number of hydrogen-bond acceptors (Lipinski definition) is 8.